The minimum atomic E-state index is -0.333. The van der Waals surface area contributed by atoms with Gasteiger partial charge in [0.2, 0.25) is 0 Å². The number of nitrogens with one attached hydrogen (secondary N) is 1. The predicted octanol–water partition coefficient (Wildman–Crippen LogP) is 3.23. The highest BCUT2D eigenvalue weighted by Crippen LogP contribution is 2.29. The molecule has 3 N–H and O–H groups in total. The molecule has 0 amide bonds. The van der Waals surface area contributed by atoms with Crippen molar-refractivity contribution in [2.75, 3.05) is 7.11 Å². The fraction of sp³-hybridized carbons (Fsp3) is 0.200. The first-order chi connectivity index (χ1) is 9.65. The lowest BCUT2D eigenvalue weighted by Crippen LogP contribution is -2.30. The molecule has 5 heteroatoms. The number of hydrazine groups is 1. The average Bonchev–Trinajstić information content (AvgIpc) is 2.46. The number of halogens is 2. The summed E-state index contributed by atoms with van der Waals surface area (Å²) in [5.41, 5.74) is 4.29. The Hall–Kier alpha value is -1.62. The SMILES string of the molecule is COc1ccc(F)cc1C(Cc1ccccc1Cl)NN. The van der Waals surface area contributed by atoms with Gasteiger partial charge >= 0.3 is 0 Å². The highest BCUT2D eigenvalue weighted by Gasteiger charge is 2.17. The van der Waals surface area contributed by atoms with Gasteiger partial charge in [-0.3, -0.25) is 11.3 Å². The zero-order chi connectivity index (χ0) is 14.5. The van der Waals surface area contributed by atoms with Crippen LogP contribution in [0.25, 0.3) is 0 Å². The maximum absolute atomic E-state index is 13.4. The van der Waals surface area contributed by atoms with Crippen LogP contribution in [0.4, 0.5) is 4.39 Å². The molecular formula is C15H16ClFN2O. The number of hydrogen-bond donors (Lipinski definition) is 2. The largest absolute Gasteiger partial charge is 0.496 e. The van der Waals surface area contributed by atoms with Gasteiger partial charge in [-0.2, -0.15) is 0 Å². The van der Waals surface area contributed by atoms with Crippen LogP contribution >= 0.6 is 11.6 Å². The summed E-state index contributed by atoms with van der Waals surface area (Å²) in [4.78, 5) is 0. The molecule has 1 atom stereocenters. The molecule has 2 aromatic rings. The fourth-order valence-electron chi connectivity index (χ4n) is 2.12. The minimum Gasteiger partial charge on any atom is -0.496 e. The molecular weight excluding hydrogens is 279 g/mol. The minimum absolute atomic E-state index is 0.291. The van der Waals surface area contributed by atoms with Crippen LogP contribution in [0.5, 0.6) is 5.75 Å². The van der Waals surface area contributed by atoms with E-state index in [9.17, 15) is 4.39 Å². The van der Waals surface area contributed by atoms with E-state index < -0.39 is 0 Å². The van der Waals surface area contributed by atoms with Gasteiger partial charge in [0.1, 0.15) is 11.6 Å². The lowest BCUT2D eigenvalue weighted by Gasteiger charge is -2.19. The second-order valence-corrected chi connectivity index (χ2v) is 4.81. The van der Waals surface area contributed by atoms with Crippen molar-refractivity contribution in [1.82, 2.24) is 5.43 Å². The van der Waals surface area contributed by atoms with E-state index in [0.29, 0.717) is 22.8 Å². The number of hydrogen-bond acceptors (Lipinski definition) is 3. The summed E-state index contributed by atoms with van der Waals surface area (Å²) in [6.07, 6.45) is 0.538. The third-order valence-electron chi connectivity index (χ3n) is 3.15. The first-order valence-electron chi connectivity index (χ1n) is 6.18. The Bertz CT molecular complexity index is 592. The van der Waals surface area contributed by atoms with Crippen molar-refractivity contribution < 1.29 is 9.13 Å². The van der Waals surface area contributed by atoms with Crippen molar-refractivity contribution in [2.45, 2.75) is 12.5 Å². The van der Waals surface area contributed by atoms with Gasteiger partial charge in [-0.15, -0.1) is 0 Å². The third-order valence-corrected chi connectivity index (χ3v) is 3.52. The number of nitrogens with two attached hydrogens (primary N) is 1. The summed E-state index contributed by atoms with van der Waals surface area (Å²) in [5, 5.41) is 0.656. The van der Waals surface area contributed by atoms with E-state index in [4.69, 9.17) is 22.2 Å². The van der Waals surface area contributed by atoms with Gasteiger partial charge in [-0.25, -0.2) is 4.39 Å². The summed E-state index contributed by atoms with van der Waals surface area (Å²) in [7, 11) is 1.54. The molecule has 0 aliphatic carbocycles. The molecule has 0 aliphatic heterocycles. The molecule has 2 aromatic carbocycles. The smallest absolute Gasteiger partial charge is 0.123 e. The van der Waals surface area contributed by atoms with Crippen LogP contribution in [0.1, 0.15) is 17.2 Å². The number of rotatable bonds is 5. The molecule has 0 heterocycles. The summed E-state index contributed by atoms with van der Waals surface area (Å²) >= 11 is 6.14. The summed E-state index contributed by atoms with van der Waals surface area (Å²) < 4.78 is 18.7. The van der Waals surface area contributed by atoms with Crippen molar-refractivity contribution in [3.05, 3.63) is 64.4 Å². The molecule has 0 spiro atoms. The van der Waals surface area contributed by atoms with E-state index in [1.807, 2.05) is 24.3 Å². The van der Waals surface area contributed by atoms with E-state index in [0.717, 1.165) is 5.56 Å². The third kappa shape index (κ3) is 3.28. The lowest BCUT2D eigenvalue weighted by atomic mass is 9.98. The second kappa shape index (κ2) is 6.70. The Labute approximate surface area is 122 Å². The molecule has 106 valence electrons. The first-order valence-corrected chi connectivity index (χ1v) is 6.56. The van der Waals surface area contributed by atoms with Gasteiger partial charge in [0, 0.05) is 10.6 Å². The van der Waals surface area contributed by atoms with E-state index in [1.165, 1.54) is 12.1 Å². The van der Waals surface area contributed by atoms with Crippen LogP contribution in [0.2, 0.25) is 5.02 Å². The maximum atomic E-state index is 13.4. The second-order valence-electron chi connectivity index (χ2n) is 4.40. The molecule has 0 saturated heterocycles. The molecule has 0 saturated carbocycles. The van der Waals surface area contributed by atoms with Gasteiger partial charge in [-0.1, -0.05) is 29.8 Å². The zero-order valence-corrected chi connectivity index (χ0v) is 11.8. The Morgan fingerprint density at radius 3 is 2.70 bits per heavy atom. The van der Waals surface area contributed by atoms with Crippen LogP contribution in [-0.2, 0) is 6.42 Å². The molecule has 1 unspecified atom stereocenters. The monoisotopic (exact) mass is 294 g/mol. The van der Waals surface area contributed by atoms with Crippen LogP contribution in [0.15, 0.2) is 42.5 Å². The summed E-state index contributed by atoms with van der Waals surface area (Å²) in [6.45, 7) is 0. The topological polar surface area (TPSA) is 47.3 Å². The van der Waals surface area contributed by atoms with E-state index in [1.54, 1.807) is 13.2 Å². The highest BCUT2D eigenvalue weighted by molar-refractivity contribution is 6.31. The van der Waals surface area contributed by atoms with Crippen LogP contribution in [0.3, 0.4) is 0 Å². The van der Waals surface area contributed by atoms with Crippen LogP contribution in [0, 0.1) is 5.82 Å². The van der Waals surface area contributed by atoms with Crippen LogP contribution < -0.4 is 16.0 Å². The molecule has 0 aromatic heterocycles. The average molecular weight is 295 g/mol. The molecule has 2 rings (SSSR count). The quantitative estimate of drug-likeness (QED) is 0.657. The number of ether oxygens (including phenoxy) is 1. The summed E-state index contributed by atoms with van der Waals surface area (Å²) in [5.74, 6) is 5.86. The van der Waals surface area contributed by atoms with Crippen LogP contribution in [-0.4, -0.2) is 7.11 Å². The van der Waals surface area contributed by atoms with Gasteiger partial charge < -0.3 is 4.74 Å². The Morgan fingerprint density at radius 1 is 1.30 bits per heavy atom. The zero-order valence-electron chi connectivity index (χ0n) is 11.1. The van der Waals surface area contributed by atoms with Crippen molar-refractivity contribution in [3.8, 4) is 5.75 Å². The Morgan fingerprint density at radius 2 is 2.05 bits per heavy atom. The normalized spacial score (nSPS) is 12.2. The Balaban J connectivity index is 2.33. The maximum Gasteiger partial charge on any atom is 0.123 e. The molecule has 0 bridgehead atoms. The van der Waals surface area contributed by atoms with E-state index >= 15 is 0 Å². The Kier molecular flexibility index (Phi) is 4.95. The van der Waals surface area contributed by atoms with E-state index in [-0.39, 0.29) is 11.9 Å². The molecule has 0 fully saturated rings. The van der Waals surface area contributed by atoms with Crippen molar-refractivity contribution in [2.24, 2.45) is 5.84 Å². The van der Waals surface area contributed by atoms with Crippen molar-refractivity contribution in [1.29, 1.82) is 0 Å². The van der Waals surface area contributed by atoms with Gasteiger partial charge in [0.15, 0.2) is 0 Å². The number of methoxy groups -OCH3 is 1. The van der Waals surface area contributed by atoms with Gasteiger partial charge in [-0.05, 0) is 36.2 Å². The predicted molar refractivity (Wildman–Crippen MR) is 78.2 cm³/mol. The van der Waals surface area contributed by atoms with E-state index in [2.05, 4.69) is 5.43 Å². The lowest BCUT2D eigenvalue weighted by molar-refractivity contribution is 0.397. The van der Waals surface area contributed by atoms with Crippen molar-refractivity contribution >= 4 is 11.6 Å². The molecule has 0 aliphatic rings. The molecule has 3 nitrogen and oxygen atoms in total. The standard InChI is InChI=1S/C15H16ClFN2O/c1-20-15-7-6-11(17)9-12(15)14(19-18)8-10-4-2-3-5-13(10)16/h2-7,9,14,19H,8,18H2,1H3. The highest BCUT2D eigenvalue weighted by atomic mass is 35.5. The summed E-state index contributed by atoms with van der Waals surface area (Å²) in [6, 6.07) is 11.6. The fourth-order valence-corrected chi connectivity index (χ4v) is 2.33. The molecule has 20 heavy (non-hydrogen) atoms. The molecule has 0 radical (unpaired) electrons. The first kappa shape index (κ1) is 14.8. The van der Waals surface area contributed by atoms with Crippen molar-refractivity contribution in [3.63, 3.8) is 0 Å². The van der Waals surface area contributed by atoms with Gasteiger partial charge in [0.25, 0.3) is 0 Å². The number of benzene rings is 2. The van der Waals surface area contributed by atoms with Gasteiger partial charge in [0.05, 0.1) is 13.2 Å².